The van der Waals surface area contributed by atoms with Gasteiger partial charge >= 0.3 is 12.2 Å². The largest absolute Gasteiger partial charge is 0.447 e. The van der Waals surface area contributed by atoms with E-state index in [0.29, 0.717) is 39.5 Å². The van der Waals surface area contributed by atoms with Crippen molar-refractivity contribution >= 4 is 12.2 Å². The highest BCUT2D eigenvalue weighted by molar-refractivity contribution is 5.67. The lowest BCUT2D eigenvalue weighted by molar-refractivity contribution is 0.0659. The minimum atomic E-state index is -0.415. The van der Waals surface area contributed by atoms with E-state index < -0.39 is 12.2 Å². The van der Waals surface area contributed by atoms with Crippen LogP contribution in [-0.2, 0) is 18.9 Å². The third-order valence-corrected chi connectivity index (χ3v) is 3.93. The number of amides is 2. The fraction of sp³-hybridized carbons (Fsp3) is 0.900. The van der Waals surface area contributed by atoms with Crippen LogP contribution in [0.4, 0.5) is 9.59 Å². The van der Waals surface area contributed by atoms with Crippen molar-refractivity contribution in [1.29, 1.82) is 0 Å². The second-order valence-electron chi connectivity index (χ2n) is 7.37. The van der Waals surface area contributed by atoms with E-state index in [1.54, 1.807) is 0 Å². The number of nitrogens with one attached hydrogen (secondary N) is 2. The summed E-state index contributed by atoms with van der Waals surface area (Å²) in [6.07, 6.45) is 2.82. The Balaban J connectivity index is 3.29. The summed E-state index contributed by atoms with van der Waals surface area (Å²) in [5.74, 6) is 0. The van der Waals surface area contributed by atoms with E-state index in [4.69, 9.17) is 18.9 Å². The maximum Gasteiger partial charge on any atom is 0.407 e. The molecular weight excluding hydrogens is 392 g/mol. The molecule has 0 fully saturated rings. The average Bonchev–Trinajstić information content (AvgIpc) is 2.68. The van der Waals surface area contributed by atoms with E-state index in [2.05, 4.69) is 10.6 Å². The van der Waals surface area contributed by atoms with E-state index >= 15 is 0 Å². The number of carbonyl (C=O) groups excluding carboxylic acids is 2. The van der Waals surface area contributed by atoms with Gasteiger partial charge in [-0.25, -0.2) is 9.59 Å². The van der Waals surface area contributed by atoms with Gasteiger partial charge in [0.05, 0.1) is 26.4 Å². The number of hydrogen-bond donors (Lipinski definition) is 2. The molecule has 2 amide bonds. The van der Waals surface area contributed by atoms with Crippen LogP contribution in [0.5, 0.6) is 0 Å². The molecule has 0 heterocycles. The van der Waals surface area contributed by atoms with Gasteiger partial charge in [0, 0.05) is 26.2 Å². The Hall–Kier alpha value is -1.62. The van der Waals surface area contributed by atoms with Gasteiger partial charge in [-0.1, -0.05) is 12.8 Å². The quantitative estimate of drug-likeness (QED) is 0.292. The fourth-order valence-corrected chi connectivity index (χ4v) is 2.17. The molecule has 0 bridgehead atoms. The Kier molecular flexibility index (Phi) is 19.5. The topological polar surface area (TPSA) is 102 Å². The van der Waals surface area contributed by atoms with E-state index in [-0.39, 0.29) is 13.2 Å². The van der Waals surface area contributed by atoms with Crippen LogP contribution in [-0.4, -0.2) is 116 Å². The molecule has 0 saturated carbocycles. The molecule has 0 atom stereocenters. The van der Waals surface area contributed by atoms with Crippen LogP contribution >= 0.6 is 0 Å². The molecule has 0 aliphatic heterocycles. The molecule has 2 N–H and O–H groups in total. The Labute approximate surface area is 181 Å². The van der Waals surface area contributed by atoms with E-state index in [1.807, 2.05) is 38.0 Å². The van der Waals surface area contributed by atoms with Crippen molar-refractivity contribution < 1.29 is 28.5 Å². The molecule has 0 aromatic carbocycles. The highest BCUT2D eigenvalue weighted by atomic mass is 16.6. The summed E-state index contributed by atoms with van der Waals surface area (Å²) >= 11 is 0. The molecule has 0 radical (unpaired) electrons. The number of ether oxygens (including phenoxy) is 4. The van der Waals surface area contributed by atoms with Crippen LogP contribution in [0.1, 0.15) is 25.7 Å². The van der Waals surface area contributed by atoms with Gasteiger partial charge in [-0.15, -0.1) is 0 Å². The molecular formula is C20H42N4O6. The number of carbonyl (C=O) groups is 2. The first-order valence-electron chi connectivity index (χ1n) is 10.7. The number of unbranched alkanes of at least 4 members (excludes halogenated alkanes) is 3. The summed E-state index contributed by atoms with van der Waals surface area (Å²) in [7, 11) is 7.91. The second-order valence-corrected chi connectivity index (χ2v) is 7.37. The van der Waals surface area contributed by atoms with Crippen molar-refractivity contribution in [3.05, 3.63) is 0 Å². The number of likely N-dealkylation sites (N-methyl/N-ethyl adjacent to an activating group) is 2. The molecule has 0 aromatic rings. The number of rotatable bonds is 19. The van der Waals surface area contributed by atoms with Crippen LogP contribution < -0.4 is 10.6 Å². The number of hydrogen-bond acceptors (Lipinski definition) is 8. The predicted octanol–water partition coefficient (Wildman–Crippen LogP) is 1.16. The van der Waals surface area contributed by atoms with Crippen molar-refractivity contribution in [3.8, 4) is 0 Å². The van der Waals surface area contributed by atoms with Crippen LogP contribution in [0.2, 0.25) is 0 Å². The highest BCUT2D eigenvalue weighted by Crippen LogP contribution is 1.98. The zero-order valence-corrected chi connectivity index (χ0v) is 19.2. The summed E-state index contributed by atoms with van der Waals surface area (Å²) in [5, 5.41) is 5.43. The van der Waals surface area contributed by atoms with Gasteiger partial charge in [0.15, 0.2) is 0 Å². The summed E-state index contributed by atoms with van der Waals surface area (Å²) in [5.41, 5.74) is 0. The second kappa shape index (κ2) is 20.6. The fourth-order valence-electron chi connectivity index (χ4n) is 2.17. The lowest BCUT2D eigenvalue weighted by Gasteiger charge is -2.10. The van der Waals surface area contributed by atoms with Crippen molar-refractivity contribution in [2.75, 3.05) is 94.0 Å². The zero-order chi connectivity index (χ0) is 22.5. The third-order valence-electron chi connectivity index (χ3n) is 3.93. The molecule has 10 nitrogen and oxygen atoms in total. The number of nitrogens with zero attached hydrogens (tertiary/aromatic N) is 2. The van der Waals surface area contributed by atoms with E-state index in [0.717, 1.165) is 38.8 Å². The Morgan fingerprint density at radius 3 is 1.37 bits per heavy atom. The van der Waals surface area contributed by atoms with Crippen LogP contribution in [0, 0.1) is 0 Å². The zero-order valence-electron chi connectivity index (χ0n) is 19.2. The molecule has 0 aliphatic carbocycles. The van der Waals surface area contributed by atoms with Crippen LogP contribution in [0.3, 0.4) is 0 Å². The predicted molar refractivity (Wildman–Crippen MR) is 116 cm³/mol. The van der Waals surface area contributed by atoms with Gasteiger partial charge < -0.3 is 39.4 Å². The minimum Gasteiger partial charge on any atom is -0.447 e. The molecule has 0 saturated heterocycles. The van der Waals surface area contributed by atoms with Gasteiger partial charge in [-0.3, -0.25) is 0 Å². The molecule has 0 rings (SSSR count). The number of alkyl carbamates (subject to hydrolysis) is 2. The maximum atomic E-state index is 11.5. The monoisotopic (exact) mass is 434 g/mol. The molecule has 0 spiro atoms. The van der Waals surface area contributed by atoms with Crippen molar-refractivity contribution in [1.82, 2.24) is 20.4 Å². The van der Waals surface area contributed by atoms with Gasteiger partial charge in [-0.2, -0.15) is 0 Å². The first-order valence-corrected chi connectivity index (χ1v) is 10.7. The van der Waals surface area contributed by atoms with Gasteiger partial charge in [0.1, 0.15) is 13.2 Å². The third kappa shape index (κ3) is 22.7. The minimum absolute atomic E-state index is 0.253. The van der Waals surface area contributed by atoms with E-state index in [1.165, 1.54) is 0 Å². The van der Waals surface area contributed by atoms with Gasteiger partial charge in [-0.05, 0) is 41.0 Å². The lowest BCUT2D eigenvalue weighted by Crippen LogP contribution is -2.27. The van der Waals surface area contributed by atoms with Gasteiger partial charge in [0.2, 0.25) is 0 Å². The summed E-state index contributed by atoms with van der Waals surface area (Å²) in [6, 6.07) is 0. The maximum absolute atomic E-state index is 11.5. The standard InChI is InChI=1S/C20H42N4O6/c1-23(2)11-13-27-15-17-29-19(25)21-9-7-5-6-8-10-22-20(26)30-18-16-28-14-12-24(3)4/h5-18H2,1-4H3,(H,21,25)(H,22,26). The average molecular weight is 435 g/mol. The smallest absolute Gasteiger partial charge is 0.407 e. The highest BCUT2D eigenvalue weighted by Gasteiger charge is 2.02. The van der Waals surface area contributed by atoms with Gasteiger partial charge in [0.25, 0.3) is 0 Å². The van der Waals surface area contributed by atoms with Crippen molar-refractivity contribution in [2.24, 2.45) is 0 Å². The Bertz CT molecular complexity index is 386. The molecule has 178 valence electrons. The summed E-state index contributed by atoms with van der Waals surface area (Å²) < 4.78 is 20.7. The van der Waals surface area contributed by atoms with Crippen LogP contribution in [0.15, 0.2) is 0 Å². The van der Waals surface area contributed by atoms with Crippen molar-refractivity contribution in [2.45, 2.75) is 25.7 Å². The first kappa shape index (κ1) is 28.4. The normalized spacial score (nSPS) is 11.0. The first-order chi connectivity index (χ1) is 14.4. The SMILES string of the molecule is CN(C)CCOCCOC(=O)NCCCCCCNC(=O)OCCOCCN(C)C. The van der Waals surface area contributed by atoms with Crippen LogP contribution in [0.25, 0.3) is 0 Å². The molecule has 10 heteroatoms. The summed E-state index contributed by atoms with van der Waals surface area (Å²) in [6.45, 7) is 5.39. The molecule has 0 aromatic heterocycles. The summed E-state index contributed by atoms with van der Waals surface area (Å²) in [4.78, 5) is 27.1. The Morgan fingerprint density at radius 1 is 0.600 bits per heavy atom. The van der Waals surface area contributed by atoms with E-state index in [9.17, 15) is 9.59 Å². The molecule has 0 unspecified atom stereocenters. The van der Waals surface area contributed by atoms with Crippen molar-refractivity contribution in [3.63, 3.8) is 0 Å². The Morgan fingerprint density at radius 2 is 1.00 bits per heavy atom. The lowest BCUT2D eigenvalue weighted by atomic mass is 10.2. The molecule has 30 heavy (non-hydrogen) atoms. The molecule has 0 aliphatic rings.